The molecule has 7 heteroatoms. The minimum atomic E-state index is -0.386. The summed E-state index contributed by atoms with van der Waals surface area (Å²) >= 11 is 1.66. The van der Waals surface area contributed by atoms with Crippen LogP contribution >= 0.6 is 11.8 Å². The number of fused-ring (bicyclic) bond motifs is 1. The summed E-state index contributed by atoms with van der Waals surface area (Å²) in [5.74, 6) is 0.692. The van der Waals surface area contributed by atoms with E-state index in [-0.39, 0.29) is 24.1 Å². The highest BCUT2D eigenvalue weighted by atomic mass is 32.2. The SMILES string of the molecule is CCCCCCCCCCCCN1C(SCC)=NC2C1C(=O)NC(=O)N2C. The van der Waals surface area contributed by atoms with E-state index in [1.807, 2.05) is 0 Å². The van der Waals surface area contributed by atoms with Crippen molar-refractivity contribution in [3.63, 3.8) is 0 Å². The summed E-state index contributed by atoms with van der Waals surface area (Å²) < 4.78 is 0. The molecule has 2 unspecified atom stereocenters. The van der Waals surface area contributed by atoms with Gasteiger partial charge in [0.05, 0.1) is 0 Å². The number of thioether (sulfide) groups is 1. The smallest absolute Gasteiger partial charge is 0.325 e. The van der Waals surface area contributed by atoms with Gasteiger partial charge < -0.3 is 9.80 Å². The first-order chi connectivity index (χ1) is 13.1. The largest absolute Gasteiger partial charge is 0.336 e. The van der Waals surface area contributed by atoms with Crippen LogP contribution in [0.5, 0.6) is 0 Å². The van der Waals surface area contributed by atoms with Gasteiger partial charge in [0, 0.05) is 13.6 Å². The predicted molar refractivity (Wildman–Crippen MR) is 113 cm³/mol. The number of urea groups is 1. The second kappa shape index (κ2) is 11.6. The first-order valence-electron chi connectivity index (χ1n) is 10.6. The van der Waals surface area contributed by atoms with Crippen molar-refractivity contribution in [2.75, 3.05) is 19.3 Å². The van der Waals surface area contributed by atoms with E-state index in [9.17, 15) is 9.59 Å². The molecule has 27 heavy (non-hydrogen) atoms. The quantitative estimate of drug-likeness (QED) is 0.502. The molecule has 6 nitrogen and oxygen atoms in total. The number of imide groups is 1. The van der Waals surface area contributed by atoms with Crippen LogP contribution in [-0.2, 0) is 4.79 Å². The number of rotatable bonds is 12. The molecule has 0 radical (unpaired) electrons. The van der Waals surface area contributed by atoms with E-state index in [0.29, 0.717) is 0 Å². The number of carbonyl (C=O) groups excluding carboxylic acids is 2. The van der Waals surface area contributed by atoms with E-state index in [2.05, 4.69) is 29.1 Å². The number of amides is 3. The Morgan fingerprint density at radius 1 is 0.963 bits per heavy atom. The van der Waals surface area contributed by atoms with E-state index in [1.54, 1.807) is 23.7 Å². The lowest BCUT2D eigenvalue weighted by atomic mass is 10.1. The molecule has 1 saturated heterocycles. The van der Waals surface area contributed by atoms with Gasteiger partial charge in [-0.1, -0.05) is 83.4 Å². The molecular weight excluding hydrogens is 360 g/mol. The van der Waals surface area contributed by atoms with Crippen LogP contribution in [0.3, 0.4) is 0 Å². The van der Waals surface area contributed by atoms with Crippen LogP contribution in [0.25, 0.3) is 0 Å². The number of amidine groups is 1. The first kappa shape index (κ1) is 22.1. The van der Waals surface area contributed by atoms with E-state index < -0.39 is 0 Å². The molecule has 0 bridgehead atoms. The minimum absolute atomic E-state index is 0.217. The van der Waals surface area contributed by atoms with Crippen LogP contribution in [0.4, 0.5) is 4.79 Å². The molecule has 0 aromatic carbocycles. The number of hydrogen-bond donors (Lipinski definition) is 1. The first-order valence-corrected chi connectivity index (χ1v) is 11.6. The molecule has 154 valence electrons. The van der Waals surface area contributed by atoms with Gasteiger partial charge in [-0.2, -0.15) is 0 Å². The van der Waals surface area contributed by atoms with E-state index in [4.69, 9.17) is 0 Å². The zero-order chi connectivity index (χ0) is 19.6. The highest BCUT2D eigenvalue weighted by molar-refractivity contribution is 8.13. The number of nitrogens with one attached hydrogen (secondary N) is 1. The number of aliphatic imine (C=N–C) groups is 1. The summed E-state index contributed by atoms with van der Waals surface area (Å²) in [5, 5.41) is 3.36. The Labute approximate surface area is 168 Å². The number of hydrogen-bond acceptors (Lipinski definition) is 5. The third kappa shape index (κ3) is 6.13. The molecule has 1 N–H and O–H groups in total. The van der Waals surface area contributed by atoms with Crippen molar-refractivity contribution >= 4 is 28.9 Å². The van der Waals surface area contributed by atoms with Crippen LogP contribution in [0.2, 0.25) is 0 Å². The molecule has 2 aliphatic rings. The van der Waals surface area contributed by atoms with Crippen molar-refractivity contribution in [2.24, 2.45) is 4.99 Å². The maximum absolute atomic E-state index is 12.4. The van der Waals surface area contributed by atoms with Gasteiger partial charge in [0.1, 0.15) is 0 Å². The average molecular weight is 397 g/mol. The molecule has 1 fully saturated rings. The molecule has 2 rings (SSSR count). The maximum atomic E-state index is 12.4. The van der Waals surface area contributed by atoms with Crippen molar-refractivity contribution in [1.29, 1.82) is 0 Å². The molecule has 0 aliphatic carbocycles. The maximum Gasteiger partial charge on any atom is 0.325 e. The van der Waals surface area contributed by atoms with E-state index >= 15 is 0 Å². The number of nitrogens with zero attached hydrogens (tertiary/aromatic N) is 3. The summed E-state index contributed by atoms with van der Waals surface area (Å²) in [7, 11) is 1.71. The normalized spacial score (nSPS) is 22.1. The standard InChI is InChI=1S/C20H36N4O2S/c1-4-6-7-8-9-10-11-12-13-14-15-24-16-17(21-20(24)27-5-2)23(3)19(26)22-18(16)25/h16-17H,4-15H2,1-3H3,(H,22,25,26). The topological polar surface area (TPSA) is 65.0 Å². The zero-order valence-corrected chi connectivity index (χ0v) is 18.0. The van der Waals surface area contributed by atoms with Crippen molar-refractivity contribution in [3.05, 3.63) is 0 Å². The molecule has 2 heterocycles. The number of carbonyl (C=O) groups is 2. The van der Waals surface area contributed by atoms with Crippen LogP contribution < -0.4 is 5.32 Å². The minimum Gasteiger partial charge on any atom is -0.336 e. The summed E-state index contributed by atoms with van der Waals surface area (Å²) in [6, 6.07) is -0.730. The molecule has 3 amide bonds. The Kier molecular flexibility index (Phi) is 9.45. The second-order valence-electron chi connectivity index (χ2n) is 7.48. The van der Waals surface area contributed by atoms with Gasteiger partial charge >= 0.3 is 6.03 Å². The fourth-order valence-corrected chi connectivity index (χ4v) is 4.57. The summed E-state index contributed by atoms with van der Waals surface area (Å²) in [6.45, 7) is 5.17. The third-order valence-corrected chi connectivity index (χ3v) is 6.24. The van der Waals surface area contributed by atoms with Crippen LogP contribution in [0.15, 0.2) is 4.99 Å². The van der Waals surface area contributed by atoms with Crippen LogP contribution in [0, 0.1) is 0 Å². The van der Waals surface area contributed by atoms with Gasteiger partial charge in [-0.3, -0.25) is 10.1 Å². The van der Waals surface area contributed by atoms with Crippen molar-refractivity contribution in [3.8, 4) is 0 Å². The average Bonchev–Trinajstić information content (AvgIpc) is 3.01. The molecule has 0 aromatic heterocycles. The third-order valence-electron chi connectivity index (χ3n) is 5.35. The monoisotopic (exact) mass is 396 g/mol. The van der Waals surface area contributed by atoms with Gasteiger partial charge in [-0.25, -0.2) is 9.79 Å². The van der Waals surface area contributed by atoms with E-state index in [0.717, 1.165) is 23.9 Å². The van der Waals surface area contributed by atoms with Crippen LogP contribution in [0.1, 0.15) is 78.1 Å². The van der Waals surface area contributed by atoms with Gasteiger partial charge in [0.15, 0.2) is 17.4 Å². The fourth-order valence-electron chi connectivity index (χ4n) is 3.75. The molecule has 0 spiro atoms. The fraction of sp³-hybridized carbons (Fsp3) is 0.850. The summed E-state index contributed by atoms with van der Waals surface area (Å²) in [4.78, 5) is 32.6. The summed E-state index contributed by atoms with van der Waals surface area (Å²) in [5.41, 5.74) is 0. The lowest BCUT2D eigenvalue weighted by molar-refractivity contribution is -0.127. The Bertz CT molecular complexity index is 526. The number of unbranched alkanes of at least 4 members (excludes halogenated alkanes) is 9. The Balaban J connectivity index is 1.73. The molecule has 0 aromatic rings. The summed E-state index contributed by atoms with van der Waals surface area (Å²) in [6.07, 6.45) is 12.6. The molecule has 2 atom stereocenters. The Hall–Kier alpha value is -1.24. The second-order valence-corrected chi connectivity index (χ2v) is 8.71. The zero-order valence-electron chi connectivity index (χ0n) is 17.2. The van der Waals surface area contributed by atoms with E-state index in [1.165, 1.54) is 57.8 Å². The van der Waals surface area contributed by atoms with Crippen molar-refractivity contribution < 1.29 is 9.59 Å². The van der Waals surface area contributed by atoms with Gasteiger partial charge in [-0.05, 0) is 12.2 Å². The van der Waals surface area contributed by atoms with Crippen molar-refractivity contribution in [1.82, 2.24) is 15.1 Å². The number of likely N-dealkylation sites (N-methyl/N-ethyl adjacent to an activating group) is 1. The lowest BCUT2D eigenvalue weighted by Crippen LogP contribution is -2.63. The molecule has 0 saturated carbocycles. The van der Waals surface area contributed by atoms with Gasteiger partial charge in [0.25, 0.3) is 5.91 Å². The van der Waals surface area contributed by atoms with Crippen LogP contribution in [-0.4, -0.2) is 58.5 Å². The molecule has 2 aliphatic heterocycles. The highest BCUT2D eigenvalue weighted by Gasteiger charge is 2.48. The lowest BCUT2D eigenvalue weighted by Gasteiger charge is -2.36. The Morgan fingerprint density at radius 3 is 2.15 bits per heavy atom. The van der Waals surface area contributed by atoms with Gasteiger partial charge in [-0.15, -0.1) is 0 Å². The Morgan fingerprint density at radius 2 is 1.56 bits per heavy atom. The predicted octanol–water partition coefficient (Wildman–Crippen LogP) is 4.21. The highest BCUT2D eigenvalue weighted by Crippen LogP contribution is 2.28. The van der Waals surface area contributed by atoms with Crippen molar-refractivity contribution in [2.45, 2.75) is 90.3 Å². The molecular formula is C20H36N4O2S. The van der Waals surface area contributed by atoms with Gasteiger partial charge in [0.2, 0.25) is 0 Å².